The molecule has 0 radical (unpaired) electrons. The highest BCUT2D eigenvalue weighted by atomic mass is 79.9. The number of halogens is 1. The minimum Gasteiger partial charge on any atom is -0.482 e. The molecular weight excluding hydrogens is 398 g/mol. The summed E-state index contributed by atoms with van der Waals surface area (Å²) >= 11 is 3.34. The molecule has 0 spiro atoms. The van der Waals surface area contributed by atoms with Gasteiger partial charge in [-0.15, -0.1) is 0 Å². The van der Waals surface area contributed by atoms with Crippen LogP contribution in [0.4, 0.5) is 0 Å². The van der Waals surface area contributed by atoms with Gasteiger partial charge >= 0.3 is 5.97 Å². The summed E-state index contributed by atoms with van der Waals surface area (Å²) in [6.45, 7) is 7.13. The molecular formula is C20H26BrNO4. The molecule has 1 amide bonds. The van der Waals surface area contributed by atoms with E-state index in [2.05, 4.69) is 36.7 Å². The van der Waals surface area contributed by atoms with E-state index in [9.17, 15) is 9.59 Å². The highest BCUT2D eigenvalue weighted by Crippen LogP contribution is 2.52. The van der Waals surface area contributed by atoms with Crippen LogP contribution in [-0.4, -0.2) is 42.6 Å². The molecule has 3 rings (SSSR count). The molecule has 1 heterocycles. The number of likely N-dealkylation sites (tertiary alicyclic amines) is 1. The summed E-state index contributed by atoms with van der Waals surface area (Å²) in [7, 11) is 0. The predicted molar refractivity (Wildman–Crippen MR) is 102 cm³/mol. The van der Waals surface area contributed by atoms with E-state index in [0.29, 0.717) is 5.75 Å². The molecule has 2 aliphatic rings. The molecule has 142 valence electrons. The molecule has 1 aliphatic carbocycles. The van der Waals surface area contributed by atoms with Crippen LogP contribution >= 0.6 is 15.9 Å². The SMILES string of the molecule is CC1(C)C[C@@H]2C[C@@](C)(CN2C(=O)COC(=O)COc2ccc(Br)cc2)C1. The van der Waals surface area contributed by atoms with Crippen LogP contribution in [0, 0.1) is 10.8 Å². The van der Waals surface area contributed by atoms with Crippen molar-refractivity contribution in [3.63, 3.8) is 0 Å². The summed E-state index contributed by atoms with van der Waals surface area (Å²) < 4.78 is 11.4. The topological polar surface area (TPSA) is 55.8 Å². The number of esters is 1. The Kier molecular flexibility index (Phi) is 5.33. The first-order chi connectivity index (χ1) is 12.2. The number of carbonyl (C=O) groups is 2. The number of ether oxygens (including phenoxy) is 2. The Morgan fingerprint density at radius 1 is 1.15 bits per heavy atom. The van der Waals surface area contributed by atoms with Crippen molar-refractivity contribution < 1.29 is 19.1 Å². The van der Waals surface area contributed by atoms with Crippen LogP contribution in [-0.2, 0) is 14.3 Å². The number of hydrogen-bond donors (Lipinski definition) is 0. The van der Waals surface area contributed by atoms with Crippen LogP contribution in [0.5, 0.6) is 5.75 Å². The summed E-state index contributed by atoms with van der Waals surface area (Å²) in [5.41, 5.74) is 0.429. The minimum absolute atomic E-state index is 0.103. The Hall–Kier alpha value is -1.56. The van der Waals surface area contributed by atoms with E-state index in [1.807, 2.05) is 17.0 Å². The van der Waals surface area contributed by atoms with Gasteiger partial charge in [-0.3, -0.25) is 4.79 Å². The molecule has 1 aromatic carbocycles. The lowest BCUT2D eigenvalue weighted by Crippen LogP contribution is -2.40. The van der Waals surface area contributed by atoms with E-state index in [-0.39, 0.29) is 36.0 Å². The molecule has 2 fully saturated rings. The zero-order valence-corrected chi connectivity index (χ0v) is 17.2. The first-order valence-corrected chi connectivity index (χ1v) is 9.79. The third-order valence-corrected chi connectivity index (χ3v) is 5.79. The molecule has 1 aromatic rings. The number of hydrogen-bond acceptors (Lipinski definition) is 4. The Balaban J connectivity index is 1.47. The lowest BCUT2D eigenvalue weighted by molar-refractivity contribution is -0.154. The van der Waals surface area contributed by atoms with Crippen LogP contribution < -0.4 is 4.74 Å². The van der Waals surface area contributed by atoms with Crippen molar-refractivity contribution >= 4 is 27.8 Å². The minimum atomic E-state index is -0.532. The van der Waals surface area contributed by atoms with Crippen molar-refractivity contribution in [1.29, 1.82) is 0 Å². The van der Waals surface area contributed by atoms with Crippen LogP contribution in [0.3, 0.4) is 0 Å². The van der Waals surface area contributed by atoms with E-state index in [1.165, 1.54) is 0 Å². The van der Waals surface area contributed by atoms with Gasteiger partial charge in [0.05, 0.1) is 0 Å². The van der Waals surface area contributed by atoms with Gasteiger partial charge in [0.15, 0.2) is 13.2 Å². The fraction of sp³-hybridized carbons (Fsp3) is 0.600. The van der Waals surface area contributed by atoms with Crippen molar-refractivity contribution in [1.82, 2.24) is 4.90 Å². The monoisotopic (exact) mass is 423 g/mol. The molecule has 2 bridgehead atoms. The van der Waals surface area contributed by atoms with Crippen LogP contribution in [0.25, 0.3) is 0 Å². The third-order valence-electron chi connectivity index (χ3n) is 5.26. The van der Waals surface area contributed by atoms with Crippen molar-refractivity contribution in [2.24, 2.45) is 10.8 Å². The molecule has 2 atom stereocenters. The average molecular weight is 424 g/mol. The van der Waals surface area contributed by atoms with Crippen LogP contribution in [0.15, 0.2) is 28.7 Å². The zero-order valence-electron chi connectivity index (χ0n) is 15.6. The number of rotatable bonds is 5. The van der Waals surface area contributed by atoms with Gasteiger partial charge in [-0.2, -0.15) is 0 Å². The van der Waals surface area contributed by atoms with E-state index >= 15 is 0 Å². The van der Waals surface area contributed by atoms with Crippen molar-refractivity contribution in [2.45, 2.75) is 46.1 Å². The maximum Gasteiger partial charge on any atom is 0.344 e. The maximum atomic E-state index is 12.6. The van der Waals surface area contributed by atoms with Crippen molar-refractivity contribution in [3.05, 3.63) is 28.7 Å². The van der Waals surface area contributed by atoms with E-state index < -0.39 is 5.97 Å². The summed E-state index contributed by atoms with van der Waals surface area (Å²) in [6.07, 6.45) is 3.18. The summed E-state index contributed by atoms with van der Waals surface area (Å²) in [5.74, 6) is -0.0524. The largest absolute Gasteiger partial charge is 0.482 e. The summed E-state index contributed by atoms with van der Waals surface area (Å²) in [6, 6.07) is 7.44. The molecule has 26 heavy (non-hydrogen) atoms. The van der Waals surface area contributed by atoms with Gasteiger partial charge in [0.25, 0.3) is 5.91 Å². The highest BCUT2D eigenvalue weighted by molar-refractivity contribution is 9.10. The molecule has 6 heteroatoms. The second-order valence-corrected chi connectivity index (χ2v) is 9.55. The van der Waals surface area contributed by atoms with E-state index in [0.717, 1.165) is 30.3 Å². The molecule has 1 saturated carbocycles. The first-order valence-electron chi connectivity index (χ1n) is 8.99. The van der Waals surface area contributed by atoms with Gasteiger partial charge in [0.2, 0.25) is 0 Å². The van der Waals surface area contributed by atoms with Crippen molar-refractivity contribution in [2.75, 3.05) is 19.8 Å². The van der Waals surface area contributed by atoms with E-state index in [1.54, 1.807) is 12.1 Å². The second kappa shape index (κ2) is 7.22. The quantitative estimate of drug-likeness (QED) is 0.675. The van der Waals surface area contributed by atoms with Gasteiger partial charge in [-0.1, -0.05) is 36.7 Å². The molecule has 0 N–H and O–H groups in total. The van der Waals surface area contributed by atoms with Gasteiger partial charge in [-0.05, 0) is 54.4 Å². The Bertz CT molecular complexity index is 688. The molecule has 0 unspecified atom stereocenters. The number of nitrogens with zero attached hydrogens (tertiary/aromatic N) is 1. The fourth-order valence-electron chi connectivity index (χ4n) is 4.69. The lowest BCUT2D eigenvalue weighted by Gasteiger charge is -2.39. The van der Waals surface area contributed by atoms with E-state index in [4.69, 9.17) is 9.47 Å². The van der Waals surface area contributed by atoms with Crippen molar-refractivity contribution in [3.8, 4) is 5.75 Å². The first kappa shape index (κ1) is 19.2. The standard InChI is InChI=1S/C20H26BrNO4/c1-19(2)8-15-9-20(3,12-19)13-22(15)17(23)10-26-18(24)11-25-16-6-4-14(21)5-7-16/h4-7,15H,8-13H2,1-3H3/t15-,20-/m1/s1. The molecule has 0 aromatic heterocycles. The smallest absolute Gasteiger partial charge is 0.344 e. The Labute approximate surface area is 163 Å². The van der Waals surface area contributed by atoms with Crippen LogP contribution in [0.1, 0.15) is 40.0 Å². The molecule has 5 nitrogen and oxygen atoms in total. The number of fused-ring (bicyclic) bond motifs is 2. The fourth-order valence-corrected chi connectivity index (χ4v) is 4.96. The van der Waals surface area contributed by atoms with Gasteiger partial charge in [0.1, 0.15) is 5.75 Å². The summed E-state index contributed by atoms with van der Waals surface area (Å²) in [4.78, 5) is 26.3. The maximum absolute atomic E-state index is 12.6. The zero-order chi connectivity index (χ0) is 18.9. The van der Waals surface area contributed by atoms with Crippen LogP contribution in [0.2, 0.25) is 0 Å². The summed E-state index contributed by atoms with van der Waals surface area (Å²) in [5, 5.41) is 0. The second-order valence-electron chi connectivity index (χ2n) is 8.64. The molecule has 1 saturated heterocycles. The Morgan fingerprint density at radius 3 is 2.54 bits per heavy atom. The predicted octanol–water partition coefficient (Wildman–Crippen LogP) is 3.80. The third kappa shape index (κ3) is 4.58. The number of carbonyl (C=O) groups excluding carboxylic acids is 2. The van der Waals surface area contributed by atoms with Gasteiger partial charge in [-0.25, -0.2) is 4.79 Å². The lowest BCUT2D eigenvalue weighted by atomic mass is 9.65. The average Bonchev–Trinajstić information content (AvgIpc) is 2.81. The van der Waals surface area contributed by atoms with Gasteiger partial charge < -0.3 is 14.4 Å². The molecule has 1 aliphatic heterocycles. The Morgan fingerprint density at radius 2 is 1.85 bits per heavy atom. The number of benzene rings is 1. The normalized spacial score (nSPS) is 26.5. The van der Waals surface area contributed by atoms with Gasteiger partial charge in [0, 0.05) is 17.1 Å². The number of amides is 1. The highest BCUT2D eigenvalue weighted by Gasteiger charge is 2.50.